The summed E-state index contributed by atoms with van der Waals surface area (Å²) in [4.78, 5) is 54.7. The number of hydrogen-bond acceptors (Lipinski definition) is 9. The summed E-state index contributed by atoms with van der Waals surface area (Å²) in [5.74, 6) is -2.04. The first kappa shape index (κ1) is 24.4. The molecule has 2 aromatic carbocycles. The minimum absolute atomic E-state index is 0.00739. The third-order valence-electron chi connectivity index (χ3n) is 5.98. The van der Waals surface area contributed by atoms with E-state index in [2.05, 4.69) is 20.0 Å². The van der Waals surface area contributed by atoms with Crippen LogP contribution in [-0.2, 0) is 23.9 Å². The van der Waals surface area contributed by atoms with Crippen molar-refractivity contribution in [2.75, 3.05) is 48.0 Å². The first-order valence-corrected chi connectivity index (χ1v) is 11.5. The van der Waals surface area contributed by atoms with E-state index in [1.165, 1.54) is 4.90 Å². The first-order chi connectivity index (χ1) is 17.9. The maximum atomic E-state index is 13.2. The Morgan fingerprint density at radius 3 is 2.49 bits per heavy atom. The molecule has 192 valence electrons. The summed E-state index contributed by atoms with van der Waals surface area (Å²) in [5.41, 5.74) is 2.04. The number of nitrogens with one attached hydrogen (secondary N) is 2. The van der Waals surface area contributed by atoms with Gasteiger partial charge in [0.05, 0.1) is 13.2 Å². The summed E-state index contributed by atoms with van der Waals surface area (Å²) in [5, 5.41) is 16.8. The zero-order valence-electron chi connectivity index (χ0n) is 19.5. The van der Waals surface area contributed by atoms with Crippen LogP contribution in [0.25, 0.3) is 11.4 Å². The average Bonchev–Trinajstić information content (AvgIpc) is 3.35. The van der Waals surface area contributed by atoms with Crippen LogP contribution in [0.1, 0.15) is 0 Å². The molecule has 3 N–H and O–H groups in total. The molecule has 37 heavy (non-hydrogen) atoms. The number of hydrogen-bond donors (Lipinski definition) is 3. The fourth-order valence-corrected chi connectivity index (χ4v) is 4.13. The maximum Gasteiger partial charge on any atom is 0.439 e. The quantitative estimate of drug-likeness (QED) is 0.418. The third-order valence-corrected chi connectivity index (χ3v) is 5.98. The molecule has 3 aromatic rings. The molecule has 13 heteroatoms. The van der Waals surface area contributed by atoms with Crippen LogP contribution in [0.3, 0.4) is 0 Å². The zero-order chi connectivity index (χ0) is 25.9. The molecule has 13 nitrogen and oxygen atoms in total. The van der Waals surface area contributed by atoms with Crippen LogP contribution in [0, 0.1) is 0 Å². The SMILES string of the molecule is O=C(Nc1ccc(-c2noc(=O)[nH]2)cc1)[C@H](O)[C@H]1OCCN(c2cccc(N3CCOCC3=O)c2)C1=O. The second-order valence-electron chi connectivity index (χ2n) is 8.35. The van der Waals surface area contributed by atoms with Gasteiger partial charge in [-0.25, -0.2) is 4.79 Å². The fourth-order valence-electron chi connectivity index (χ4n) is 4.13. The summed E-state index contributed by atoms with van der Waals surface area (Å²) in [6.07, 6.45) is -3.19. The van der Waals surface area contributed by atoms with Crippen LogP contribution < -0.4 is 20.9 Å². The normalized spacial score (nSPS) is 19.1. The first-order valence-electron chi connectivity index (χ1n) is 11.5. The van der Waals surface area contributed by atoms with Crippen molar-refractivity contribution in [2.45, 2.75) is 12.2 Å². The van der Waals surface area contributed by atoms with Crippen molar-refractivity contribution < 1.29 is 33.5 Å². The molecule has 2 aliphatic rings. The maximum absolute atomic E-state index is 13.2. The highest BCUT2D eigenvalue weighted by molar-refractivity contribution is 6.04. The molecular weight excluding hydrogens is 486 g/mol. The smallest absolute Gasteiger partial charge is 0.380 e. The predicted molar refractivity (Wildman–Crippen MR) is 129 cm³/mol. The van der Waals surface area contributed by atoms with Gasteiger partial charge in [-0.3, -0.25) is 23.9 Å². The Morgan fingerprint density at radius 1 is 1.05 bits per heavy atom. The van der Waals surface area contributed by atoms with Gasteiger partial charge in [0.25, 0.3) is 17.7 Å². The molecule has 3 amide bonds. The van der Waals surface area contributed by atoms with Crippen LogP contribution >= 0.6 is 0 Å². The number of aromatic nitrogens is 2. The number of ether oxygens (including phenoxy) is 2. The number of rotatable bonds is 6. The molecule has 0 spiro atoms. The van der Waals surface area contributed by atoms with E-state index in [4.69, 9.17) is 9.47 Å². The Labute approximate surface area is 209 Å². The lowest BCUT2D eigenvalue weighted by Gasteiger charge is -2.35. The Bertz CT molecular complexity index is 1370. The third kappa shape index (κ3) is 5.14. The molecule has 2 atom stereocenters. The van der Waals surface area contributed by atoms with Crippen molar-refractivity contribution in [3.05, 3.63) is 59.1 Å². The highest BCUT2D eigenvalue weighted by Gasteiger charge is 2.39. The van der Waals surface area contributed by atoms with E-state index in [1.54, 1.807) is 53.4 Å². The predicted octanol–water partition coefficient (Wildman–Crippen LogP) is 0.124. The summed E-state index contributed by atoms with van der Waals surface area (Å²) in [6.45, 7) is 1.13. The molecule has 2 fully saturated rings. The van der Waals surface area contributed by atoms with Gasteiger partial charge in [0.1, 0.15) is 6.61 Å². The monoisotopic (exact) mass is 509 g/mol. The molecule has 0 bridgehead atoms. The van der Waals surface area contributed by atoms with Gasteiger partial charge in [-0.2, -0.15) is 0 Å². The number of benzene rings is 2. The van der Waals surface area contributed by atoms with E-state index >= 15 is 0 Å². The van der Waals surface area contributed by atoms with Crippen molar-refractivity contribution in [3.8, 4) is 11.4 Å². The lowest BCUT2D eigenvalue weighted by atomic mass is 10.1. The molecular formula is C24H23N5O8. The van der Waals surface area contributed by atoms with Gasteiger partial charge >= 0.3 is 5.76 Å². The zero-order valence-corrected chi connectivity index (χ0v) is 19.5. The number of H-pyrrole nitrogens is 1. The summed E-state index contributed by atoms with van der Waals surface area (Å²) < 4.78 is 15.1. The Hall–Kier alpha value is -4.33. The number of carbonyl (C=O) groups excluding carboxylic acids is 3. The van der Waals surface area contributed by atoms with E-state index in [0.717, 1.165) is 0 Å². The molecule has 1 aromatic heterocycles. The Balaban J connectivity index is 1.26. The van der Waals surface area contributed by atoms with Gasteiger partial charge in [-0.15, -0.1) is 0 Å². The largest absolute Gasteiger partial charge is 0.439 e. The van der Waals surface area contributed by atoms with Gasteiger partial charge in [0, 0.05) is 35.7 Å². The van der Waals surface area contributed by atoms with E-state index in [0.29, 0.717) is 35.8 Å². The topological polar surface area (TPSA) is 167 Å². The highest BCUT2D eigenvalue weighted by Crippen LogP contribution is 2.27. The average molecular weight is 509 g/mol. The highest BCUT2D eigenvalue weighted by atomic mass is 16.5. The van der Waals surface area contributed by atoms with Crippen LogP contribution in [0.5, 0.6) is 0 Å². The van der Waals surface area contributed by atoms with Crippen LogP contribution in [0.15, 0.2) is 57.8 Å². The molecule has 0 aliphatic carbocycles. The summed E-state index contributed by atoms with van der Waals surface area (Å²) >= 11 is 0. The molecule has 5 rings (SSSR count). The molecule has 3 heterocycles. The number of amides is 3. The minimum atomic E-state index is -1.77. The molecule has 0 saturated carbocycles. The molecule has 0 unspecified atom stereocenters. The van der Waals surface area contributed by atoms with Crippen molar-refractivity contribution >= 4 is 34.8 Å². The van der Waals surface area contributed by atoms with Gasteiger partial charge in [0.15, 0.2) is 18.0 Å². The van der Waals surface area contributed by atoms with E-state index < -0.39 is 29.8 Å². The number of carbonyl (C=O) groups is 3. The number of aliphatic hydroxyl groups excluding tert-OH is 1. The van der Waals surface area contributed by atoms with Gasteiger partial charge < -0.3 is 29.7 Å². The number of nitrogens with zero attached hydrogens (tertiary/aromatic N) is 3. The number of aromatic amines is 1. The number of aliphatic hydroxyl groups is 1. The summed E-state index contributed by atoms with van der Waals surface area (Å²) in [6, 6.07) is 13.2. The van der Waals surface area contributed by atoms with E-state index in [1.807, 2.05) is 0 Å². The van der Waals surface area contributed by atoms with Gasteiger partial charge in [-0.1, -0.05) is 11.2 Å². The van der Waals surface area contributed by atoms with Crippen molar-refractivity contribution in [2.24, 2.45) is 0 Å². The standard InChI is InChI=1S/C24H23N5O8/c30-18-13-35-10-8-28(18)16-2-1-3-17(12-16)29-9-11-36-20(23(29)33)19(31)22(32)25-15-6-4-14(5-7-15)21-26-24(34)37-27-21/h1-7,12,19-20,31H,8-11,13H2,(H,25,32)(H,26,27,34)/t19-,20-/m1/s1. The minimum Gasteiger partial charge on any atom is -0.380 e. The van der Waals surface area contributed by atoms with Crippen LogP contribution in [-0.4, -0.2) is 78.1 Å². The molecule has 2 saturated heterocycles. The lowest BCUT2D eigenvalue weighted by Crippen LogP contribution is -2.55. The number of morpholine rings is 2. The lowest BCUT2D eigenvalue weighted by molar-refractivity contribution is -0.150. The second-order valence-corrected chi connectivity index (χ2v) is 8.35. The fraction of sp³-hybridized carbons (Fsp3) is 0.292. The van der Waals surface area contributed by atoms with Gasteiger partial charge in [-0.05, 0) is 42.5 Å². The molecule has 0 radical (unpaired) electrons. The van der Waals surface area contributed by atoms with E-state index in [9.17, 15) is 24.3 Å². The number of anilines is 3. The van der Waals surface area contributed by atoms with Crippen molar-refractivity contribution in [3.63, 3.8) is 0 Å². The summed E-state index contributed by atoms with van der Waals surface area (Å²) in [7, 11) is 0. The van der Waals surface area contributed by atoms with Crippen LogP contribution in [0.4, 0.5) is 17.1 Å². The molecule has 2 aliphatic heterocycles. The van der Waals surface area contributed by atoms with Crippen molar-refractivity contribution in [1.29, 1.82) is 0 Å². The van der Waals surface area contributed by atoms with Crippen molar-refractivity contribution in [1.82, 2.24) is 10.1 Å². The van der Waals surface area contributed by atoms with Gasteiger partial charge in [0.2, 0.25) is 0 Å². The second kappa shape index (κ2) is 10.3. The van der Waals surface area contributed by atoms with E-state index in [-0.39, 0.29) is 31.5 Å². The van der Waals surface area contributed by atoms with Crippen LogP contribution in [0.2, 0.25) is 0 Å². The Morgan fingerprint density at radius 2 is 1.78 bits per heavy atom. The Kier molecular flexibility index (Phi) is 6.81.